The van der Waals surface area contributed by atoms with Crippen LogP contribution in [0.15, 0.2) is 53.4 Å². The summed E-state index contributed by atoms with van der Waals surface area (Å²) >= 11 is 0. The van der Waals surface area contributed by atoms with Gasteiger partial charge in [0.15, 0.2) is 0 Å². The van der Waals surface area contributed by atoms with E-state index in [1.165, 1.54) is 12.1 Å². The Hall–Kier alpha value is -2.71. The first-order valence-corrected chi connectivity index (χ1v) is 11.5. The maximum Gasteiger partial charge on any atom is 0.240 e. The minimum Gasteiger partial charge on any atom is -0.326 e. The SMILES string of the molecule is CCC(C)NS(=O)(=O)c1ccc(NC(=O)C2CC(=O)N(c3ccc(C)cc3)C2)cc1. The lowest BCUT2D eigenvalue weighted by Crippen LogP contribution is -2.32. The number of hydrogen-bond acceptors (Lipinski definition) is 4. The van der Waals surface area contributed by atoms with Gasteiger partial charge in [-0.2, -0.15) is 0 Å². The Kier molecular flexibility index (Phi) is 6.58. The number of carbonyl (C=O) groups excluding carboxylic acids is 2. The predicted octanol–water partition coefficient (Wildman–Crippen LogP) is 3.06. The van der Waals surface area contributed by atoms with E-state index in [0.717, 1.165) is 11.3 Å². The molecule has 2 amide bonds. The number of aryl methyl sites for hydroxylation is 1. The van der Waals surface area contributed by atoms with Crippen molar-refractivity contribution in [3.63, 3.8) is 0 Å². The number of amides is 2. The van der Waals surface area contributed by atoms with E-state index in [4.69, 9.17) is 0 Å². The Bertz CT molecular complexity index is 1020. The molecular weight excluding hydrogens is 402 g/mol. The summed E-state index contributed by atoms with van der Waals surface area (Å²) in [5, 5.41) is 2.78. The van der Waals surface area contributed by atoms with Crippen LogP contribution in [0.4, 0.5) is 11.4 Å². The molecule has 0 saturated carbocycles. The zero-order valence-corrected chi connectivity index (χ0v) is 18.2. The van der Waals surface area contributed by atoms with Crippen molar-refractivity contribution in [3.8, 4) is 0 Å². The van der Waals surface area contributed by atoms with E-state index in [9.17, 15) is 18.0 Å². The van der Waals surface area contributed by atoms with Gasteiger partial charge in [0, 0.05) is 30.4 Å². The van der Waals surface area contributed by atoms with Crippen molar-refractivity contribution in [1.82, 2.24) is 4.72 Å². The van der Waals surface area contributed by atoms with Crippen LogP contribution in [0.1, 0.15) is 32.3 Å². The van der Waals surface area contributed by atoms with Crippen LogP contribution < -0.4 is 14.9 Å². The van der Waals surface area contributed by atoms with Crippen molar-refractivity contribution in [3.05, 3.63) is 54.1 Å². The van der Waals surface area contributed by atoms with E-state index in [-0.39, 0.29) is 29.2 Å². The van der Waals surface area contributed by atoms with Gasteiger partial charge < -0.3 is 10.2 Å². The van der Waals surface area contributed by atoms with E-state index >= 15 is 0 Å². The highest BCUT2D eigenvalue weighted by Gasteiger charge is 2.35. The van der Waals surface area contributed by atoms with Crippen molar-refractivity contribution in [2.75, 3.05) is 16.8 Å². The smallest absolute Gasteiger partial charge is 0.240 e. The Morgan fingerprint density at radius 3 is 2.37 bits per heavy atom. The molecule has 2 aromatic carbocycles. The fraction of sp³-hybridized carbons (Fsp3) is 0.364. The summed E-state index contributed by atoms with van der Waals surface area (Å²) in [6, 6.07) is 13.5. The fourth-order valence-electron chi connectivity index (χ4n) is 3.24. The van der Waals surface area contributed by atoms with Crippen molar-refractivity contribution in [1.29, 1.82) is 0 Å². The lowest BCUT2D eigenvalue weighted by Gasteiger charge is -2.17. The monoisotopic (exact) mass is 429 g/mol. The molecule has 3 rings (SSSR count). The molecule has 0 bridgehead atoms. The van der Waals surface area contributed by atoms with Gasteiger partial charge in [0.05, 0.1) is 10.8 Å². The summed E-state index contributed by atoms with van der Waals surface area (Å²) in [6.45, 7) is 6.00. The van der Waals surface area contributed by atoms with Crippen molar-refractivity contribution in [2.45, 2.75) is 44.6 Å². The molecule has 0 aliphatic carbocycles. The first-order valence-electron chi connectivity index (χ1n) is 10.00. The van der Waals surface area contributed by atoms with E-state index in [0.29, 0.717) is 18.7 Å². The Morgan fingerprint density at radius 1 is 1.13 bits per heavy atom. The molecule has 1 aliphatic heterocycles. The van der Waals surface area contributed by atoms with Gasteiger partial charge in [0.25, 0.3) is 0 Å². The molecule has 0 aromatic heterocycles. The average Bonchev–Trinajstić information content (AvgIpc) is 3.10. The van der Waals surface area contributed by atoms with Crippen LogP contribution in [-0.4, -0.2) is 32.8 Å². The number of nitrogens with one attached hydrogen (secondary N) is 2. The molecule has 0 spiro atoms. The molecule has 0 radical (unpaired) electrons. The lowest BCUT2D eigenvalue weighted by atomic mass is 10.1. The van der Waals surface area contributed by atoms with Gasteiger partial charge in [-0.1, -0.05) is 24.6 Å². The maximum absolute atomic E-state index is 12.6. The first kappa shape index (κ1) is 22.0. The number of anilines is 2. The van der Waals surface area contributed by atoms with E-state index in [1.807, 2.05) is 38.1 Å². The summed E-state index contributed by atoms with van der Waals surface area (Å²) in [4.78, 5) is 26.8. The lowest BCUT2D eigenvalue weighted by molar-refractivity contribution is -0.122. The van der Waals surface area contributed by atoms with Gasteiger partial charge in [-0.25, -0.2) is 13.1 Å². The minimum absolute atomic E-state index is 0.0865. The second kappa shape index (κ2) is 8.97. The highest BCUT2D eigenvalue weighted by Crippen LogP contribution is 2.26. The second-order valence-corrected chi connectivity index (χ2v) is 9.40. The Morgan fingerprint density at radius 2 is 1.77 bits per heavy atom. The van der Waals surface area contributed by atoms with Crippen LogP contribution in [0.2, 0.25) is 0 Å². The van der Waals surface area contributed by atoms with Crippen LogP contribution in [0.25, 0.3) is 0 Å². The molecule has 7 nitrogen and oxygen atoms in total. The third kappa shape index (κ3) is 5.06. The zero-order valence-electron chi connectivity index (χ0n) is 17.4. The van der Waals surface area contributed by atoms with Gasteiger partial charge in [-0.15, -0.1) is 0 Å². The highest BCUT2D eigenvalue weighted by molar-refractivity contribution is 7.89. The average molecular weight is 430 g/mol. The molecular formula is C22H27N3O4S. The second-order valence-electron chi connectivity index (χ2n) is 7.69. The third-order valence-electron chi connectivity index (χ3n) is 5.24. The third-order valence-corrected chi connectivity index (χ3v) is 6.85. The standard InChI is InChI=1S/C22H27N3O4S/c1-4-16(3)24-30(28,29)20-11-7-18(8-12-20)23-22(27)17-13-21(26)25(14-17)19-9-5-15(2)6-10-19/h5-12,16-17,24H,4,13-14H2,1-3H3,(H,23,27). The topological polar surface area (TPSA) is 95.6 Å². The molecule has 2 N–H and O–H groups in total. The molecule has 1 saturated heterocycles. The molecule has 1 aliphatic rings. The van der Waals surface area contributed by atoms with Crippen molar-refractivity contribution < 1.29 is 18.0 Å². The number of nitrogens with zero attached hydrogens (tertiary/aromatic N) is 1. The van der Waals surface area contributed by atoms with Crippen molar-refractivity contribution in [2.24, 2.45) is 5.92 Å². The molecule has 1 fully saturated rings. The van der Waals surface area contributed by atoms with Gasteiger partial charge in [-0.3, -0.25) is 9.59 Å². The molecule has 2 atom stereocenters. The predicted molar refractivity (Wildman–Crippen MR) is 117 cm³/mol. The molecule has 2 aromatic rings. The Balaban J connectivity index is 1.63. The quantitative estimate of drug-likeness (QED) is 0.707. The number of rotatable bonds is 7. The van der Waals surface area contributed by atoms with Crippen LogP contribution in [0.3, 0.4) is 0 Å². The zero-order chi connectivity index (χ0) is 21.9. The molecule has 2 unspecified atom stereocenters. The normalized spacial score (nSPS) is 17.8. The number of hydrogen-bond donors (Lipinski definition) is 2. The summed E-state index contributed by atoms with van der Waals surface area (Å²) in [7, 11) is -3.59. The van der Waals surface area contributed by atoms with E-state index in [2.05, 4.69) is 10.0 Å². The van der Waals surface area contributed by atoms with Gasteiger partial charge in [0.2, 0.25) is 21.8 Å². The Labute approximate surface area is 177 Å². The molecule has 30 heavy (non-hydrogen) atoms. The first-order chi connectivity index (χ1) is 14.2. The van der Waals surface area contributed by atoms with E-state index < -0.39 is 15.9 Å². The number of benzene rings is 2. The summed E-state index contributed by atoms with van der Waals surface area (Å²) in [5.74, 6) is -0.808. The van der Waals surface area contributed by atoms with Crippen molar-refractivity contribution >= 4 is 33.2 Å². The summed E-state index contributed by atoms with van der Waals surface area (Å²) in [6.07, 6.45) is 0.831. The molecule has 1 heterocycles. The largest absolute Gasteiger partial charge is 0.326 e. The minimum atomic E-state index is -3.59. The highest BCUT2D eigenvalue weighted by atomic mass is 32.2. The van der Waals surface area contributed by atoms with Crippen LogP contribution >= 0.6 is 0 Å². The molecule has 8 heteroatoms. The fourth-order valence-corrected chi connectivity index (χ4v) is 4.56. The summed E-state index contributed by atoms with van der Waals surface area (Å²) in [5.41, 5.74) is 2.37. The number of carbonyl (C=O) groups is 2. The van der Waals surface area contributed by atoms with Crippen LogP contribution in [0, 0.1) is 12.8 Å². The van der Waals surface area contributed by atoms with Crippen LogP contribution in [0.5, 0.6) is 0 Å². The molecule has 160 valence electrons. The van der Waals surface area contributed by atoms with Gasteiger partial charge in [-0.05, 0) is 56.7 Å². The van der Waals surface area contributed by atoms with Crippen LogP contribution in [-0.2, 0) is 19.6 Å². The van der Waals surface area contributed by atoms with Gasteiger partial charge in [0.1, 0.15) is 0 Å². The van der Waals surface area contributed by atoms with E-state index in [1.54, 1.807) is 24.0 Å². The summed E-state index contributed by atoms with van der Waals surface area (Å²) < 4.78 is 27.3. The maximum atomic E-state index is 12.6. The van der Waals surface area contributed by atoms with Gasteiger partial charge >= 0.3 is 0 Å². The number of sulfonamides is 1.